The summed E-state index contributed by atoms with van der Waals surface area (Å²) in [5.41, 5.74) is 0.722. The fourth-order valence-corrected chi connectivity index (χ4v) is 2.49. The molecule has 5 heteroatoms. The van der Waals surface area contributed by atoms with Crippen molar-refractivity contribution in [2.45, 2.75) is 18.8 Å². The zero-order valence-corrected chi connectivity index (χ0v) is 10.1. The summed E-state index contributed by atoms with van der Waals surface area (Å²) in [5.74, 6) is 1.21. The van der Waals surface area contributed by atoms with Crippen molar-refractivity contribution in [3.8, 4) is 5.69 Å². The Balaban J connectivity index is 2.04. The second kappa shape index (κ2) is 4.78. The molecule has 2 aromatic rings. The number of hydrogen-bond donors (Lipinski definition) is 2. The minimum atomic E-state index is -0.158. The lowest BCUT2D eigenvalue weighted by atomic mass is 9.97. The molecule has 0 spiro atoms. The van der Waals surface area contributed by atoms with Crippen LogP contribution in [0.1, 0.15) is 24.6 Å². The van der Waals surface area contributed by atoms with Gasteiger partial charge in [0.05, 0.1) is 5.69 Å². The Kier molecular flexibility index (Phi) is 2.98. The molecule has 3 rings (SSSR count). The second-order valence-electron chi connectivity index (χ2n) is 4.58. The number of rotatable bonds is 2. The molecule has 0 unspecified atom stereocenters. The Hall–Kier alpha value is -1.88. The second-order valence-corrected chi connectivity index (χ2v) is 4.58. The molecule has 2 heterocycles. The van der Waals surface area contributed by atoms with Crippen LogP contribution < -0.4 is 11.0 Å². The van der Waals surface area contributed by atoms with Gasteiger partial charge in [-0.05, 0) is 38.1 Å². The predicted octanol–water partition coefficient (Wildman–Crippen LogP) is 1.03. The van der Waals surface area contributed by atoms with Gasteiger partial charge in [-0.1, -0.05) is 18.2 Å². The van der Waals surface area contributed by atoms with Crippen LogP contribution >= 0.6 is 0 Å². The van der Waals surface area contributed by atoms with E-state index in [-0.39, 0.29) is 5.69 Å². The third-order valence-corrected chi connectivity index (χ3v) is 3.42. The Morgan fingerprint density at radius 1 is 1.17 bits per heavy atom. The van der Waals surface area contributed by atoms with Crippen molar-refractivity contribution in [3.63, 3.8) is 0 Å². The van der Waals surface area contributed by atoms with E-state index in [0.717, 1.165) is 37.4 Å². The van der Waals surface area contributed by atoms with Crippen molar-refractivity contribution >= 4 is 0 Å². The lowest BCUT2D eigenvalue weighted by Gasteiger charge is -2.22. The molecule has 0 saturated carbocycles. The Morgan fingerprint density at radius 3 is 2.61 bits per heavy atom. The van der Waals surface area contributed by atoms with Crippen molar-refractivity contribution in [2.75, 3.05) is 13.1 Å². The fraction of sp³-hybridized carbons (Fsp3) is 0.385. The van der Waals surface area contributed by atoms with Gasteiger partial charge in [0, 0.05) is 5.92 Å². The van der Waals surface area contributed by atoms with Crippen LogP contribution in [-0.4, -0.2) is 27.9 Å². The number of para-hydroxylation sites is 1. The smallest absolute Gasteiger partial charge is 0.317 e. The lowest BCUT2D eigenvalue weighted by Crippen LogP contribution is -2.29. The predicted molar refractivity (Wildman–Crippen MR) is 69.0 cm³/mol. The van der Waals surface area contributed by atoms with Crippen molar-refractivity contribution in [2.24, 2.45) is 0 Å². The molecule has 1 saturated heterocycles. The molecule has 0 atom stereocenters. The highest BCUT2D eigenvalue weighted by Gasteiger charge is 2.22. The summed E-state index contributed by atoms with van der Waals surface area (Å²) < 4.78 is 1.69. The molecule has 1 aromatic heterocycles. The van der Waals surface area contributed by atoms with Gasteiger partial charge in [-0.25, -0.2) is 14.5 Å². The number of H-pyrrole nitrogens is 1. The monoisotopic (exact) mass is 244 g/mol. The van der Waals surface area contributed by atoms with Crippen LogP contribution in [0.5, 0.6) is 0 Å². The summed E-state index contributed by atoms with van der Waals surface area (Å²) in [6, 6.07) is 9.67. The average Bonchev–Trinajstić information content (AvgIpc) is 2.83. The van der Waals surface area contributed by atoms with Crippen LogP contribution in [0.4, 0.5) is 0 Å². The van der Waals surface area contributed by atoms with Crippen molar-refractivity contribution in [1.82, 2.24) is 20.1 Å². The minimum Gasteiger partial charge on any atom is -0.317 e. The standard InChI is InChI=1S/C13H16N4O/c18-13-16-15-12(10-6-8-14-9-7-10)17(13)11-4-2-1-3-5-11/h1-5,10,14H,6-9H2,(H,16,18). The Bertz CT molecular complexity index is 566. The molecule has 1 aliphatic heterocycles. The number of hydrogen-bond acceptors (Lipinski definition) is 3. The van der Waals surface area contributed by atoms with Gasteiger partial charge in [-0.15, -0.1) is 0 Å². The van der Waals surface area contributed by atoms with E-state index in [1.807, 2.05) is 30.3 Å². The molecule has 0 bridgehead atoms. The molecular weight excluding hydrogens is 228 g/mol. The van der Waals surface area contributed by atoms with E-state index in [1.165, 1.54) is 0 Å². The molecule has 1 fully saturated rings. The zero-order chi connectivity index (χ0) is 12.4. The third kappa shape index (κ3) is 1.97. The molecule has 0 aliphatic carbocycles. The molecule has 2 N–H and O–H groups in total. The molecule has 18 heavy (non-hydrogen) atoms. The molecule has 1 aliphatic rings. The van der Waals surface area contributed by atoms with Crippen LogP contribution in [0, 0.1) is 0 Å². The highest BCUT2D eigenvalue weighted by Crippen LogP contribution is 2.23. The highest BCUT2D eigenvalue weighted by atomic mass is 16.1. The van der Waals surface area contributed by atoms with Crippen molar-refractivity contribution < 1.29 is 0 Å². The quantitative estimate of drug-likeness (QED) is 0.829. The minimum absolute atomic E-state index is 0.158. The molecule has 94 valence electrons. The SMILES string of the molecule is O=c1[nH]nc(C2CCNCC2)n1-c1ccccc1. The maximum absolute atomic E-state index is 11.9. The Labute approximate surface area is 105 Å². The Morgan fingerprint density at radius 2 is 1.89 bits per heavy atom. The summed E-state index contributed by atoms with van der Waals surface area (Å²) in [6.07, 6.45) is 2.05. The molecule has 5 nitrogen and oxygen atoms in total. The van der Waals surface area contributed by atoms with Crippen LogP contribution in [0.25, 0.3) is 5.69 Å². The fourth-order valence-electron chi connectivity index (χ4n) is 2.49. The highest BCUT2D eigenvalue weighted by molar-refractivity contribution is 5.32. The van der Waals surface area contributed by atoms with E-state index in [1.54, 1.807) is 4.57 Å². The first-order valence-corrected chi connectivity index (χ1v) is 6.30. The van der Waals surface area contributed by atoms with Crippen LogP contribution in [0.3, 0.4) is 0 Å². The lowest BCUT2D eigenvalue weighted by molar-refractivity contribution is 0.440. The summed E-state index contributed by atoms with van der Waals surface area (Å²) in [4.78, 5) is 11.9. The third-order valence-electron chi connectivity index (χ3n) is 3.42. The molecule has 1 aromatic carbocycles. The summed E-state index contributed by atoms with van der Waals surface area (Å²) in [6.45, 7) is 1.97. The normalized spacial score (nSPS) is 16.9. The maximum Gasteiger partial charge on any atom is 0.347 e. The number of benzene rings is 1. The number of aromatic amines is 1. The van der Waals surface area contributed by atoms with Gasteiger partial charge in [0.1, 0.15) is 5.82 Å². The van der Waals surface area contributed by atoms with Gasteiger partial charge >= 0.3 is 5.69 Å². The topological polar surface area (TPSA) is 62.7 Å². The van der Waals surface area contributed by atoms with Gasteiger partial charge in [-0.3, -0.25) is 0 Å². The first kappa shape index (κ1) is 11.2. The molecule has 0 amide bonds. The largest absolute Gasteiger partial charge is 0.347 e. The first-order chi connectivity index (χ1) is 8.86. The maximum atomic E-state index is 11.9. The number of nitrogens with zero attached hydrogens (tertiary/aromatic N) is 2. The summed E-state index contributed by atoms with van der Waals surface area (Å²) >= 11 is 0. The van der Waals surface area contributed by atoms with Gasteiger partial charge < -0.3 is 5.32 Å². The zero-order valence-electron chi connectivity index (χ0n) is 10.1. The number of aromatic nitrogens is 3. The first-order valence-electron chi connectivity index (χ1n) is 6.30. The van der Waals surface area contributed by atoms with Crippen molar-refractivity contribution in [3.05, 3.63) is 46.6 Å². The van der Waals surface area contributed by atoms with Crippen LogP contribution in [0.15, 0.2) is 35.1 Å². The molecule has 0 radical (unpaired) electrons. The van der Waals surface area contributed by atoms with E-state index < -0.39 is 0 Å². The van der Waals surface area contributed by atoms with Gasteiger partial charge in [0.2, 0.25) is 0 Å². The van der Waals surface area contributed by atoms with Gasteiger partial charge in [0.15, 0.2) is 0 Å². The molecular formula is C13H16N4O. The van der Waals surface area contributed by atoms with Crippen LogP contribution in [-0.2, 0) is 0 Å². The van der Waals surface area contributed by atoms with Gasteiger partial charge in [-0.2, -0.15) is 5.10 Å². The average molecular weight is 244 g/mol. The summed E-state index contributed by atoms with van der Waals surface area (Å²) in [7, 11) is 0. The van der Waals surface area contributed by atoms with Crippen LogP contribution in [0.2, 0.25) is 0 Å². The van der Waals surface area contributed by atoms with Crippen molar-refractivity contribution in [1.29, 1.82) is 0 Å². The number of piperidine rings is 1. The number of nitrogens with one attached hydrogen (secondary N) is 2. The van der Waals surface area contributed by atoms with E-state index in [9.17, 15) is 4.79 Å². The van der Waals surface area contributed by atoms with E-state index in [2.05, 4.69) is 15.5 Å². The van der Waals surface area contributed by atoms with E-state index in [4.69, 9.17) is 0 Å². The summed E-state index contributed by atoms with van der Waals surface area (Å²) in [5, 5.41) is 10.1. The van der Waals surface area contributed by atoms with E-state index >= 15 is 0 Å². The van der Waals surface area contributed by atoms with Gasteiger partial charge in [0.25, 0.3) is 0 Å². The van der Waals surface area contributed by atoms with E-state index in [0.29, 0.717) is 5.92 Å².